The van der Waals surface area contributed by atoms with Crippen LogP contribution in [0.5, 0.6) is 0 Å². The number of amidine groups is 1. The predicted octanol–water partition coefficient (Wildman–Crippen LogP) is 1.94. The summed E-state index contributed by atoms with van der Waals surface area (Å²) in [6.07, 6.45) is 3.98. The number of hydrogen-bond acceptors (Lipinski definition) is 2. The molecule has 4 nitrogen and oxygen atoms in total. The summed E-state index contributed by atoms with van der Waals surface area (Å²) in [5.41, 5.74) is 7.16. The molecule has 2 N–H and O–H groups in total. The van der Waals surface area contributed by atoms with Crippen molar-refractivity contribution in [2.24, 2.45) is 10.7 Å². The summed E-state index contributed by atoms with van der Waals surface area (Å²) in [5.74, 6) is 0.489. The van der Waals surface area contributed by atoms with E-state index >= 15 is 0 Å². The van der Waals surface area contributed by atoms with Crippen LogP contribution < -0.4 is 5.73 Å². The second-order valence-corrected chi connectivity index (χ2v) is 5.00. The molecule has 0 aromatic heterocycles. The Morgan fingerprint density at radius 1 is 1.28 bits per heavy atom. The molecule has 1 unspecified atom stereocenters. The average molecular weight is 243 g/mol. The Kier molecular flexibility index (Phi) is 2.78. The SMILES string of the molecule is NC1=NC(=O)N(C2CC2)C1CCc1ccccc1. The maximum Gasteiger partial charge on any atom is 0.346 e. The molecule has 2 amide bonds. The van der Waals surface area contributed by atoms with Gasteiger partial charge in [0, 0.05) is 6.04 Å². The number of aryl methyl sites for hydroxylation is 1. The molecular weight excluding hydrogens is 226 g/mol. The van der Waals surface area contributed by atoms with Gasteiger partial charge in [-0.15, -0.1) is 0 Å². The largest absolute Gasteiger partial charge is 0.385 e. The number of nitrogens with two attached hydrogens (primary N) is 1. The van der Waals surface area contributed by atoms with Crippen LogP contribution in [-0.4, -0.2) is 28.9 Å². The van der Waals surface area contributed by atoms with Gasteiger partial charge in [-0.1, -0.05) is 30.3 Å². The third-order valence-electron chi connectivity index (χ3n) is 3.61. The summed E-state index contributed by atoms with van der Waals surface area (Å²) in [6, 6.07) is 10.5. The zero-order valence-electron chi connectivity index (χ0n) is 10.2. The summed E-state index contributed by atoms with van der Waals surface area (Å²) in [6.45, 7) is 0. The molecule has 1 aromatic rings. The molecule has 1 aliphatic heterocycles. The van der Waals surface area contributed by atoms with E-state index in [2.05, 4.69) is 17.1 Å². The van der Waals surface area contributed by atoms with Gasteiger partial charge in [0.25, 0.3) is 0 Å². The van der Waals surface area contributed by atoms with E-state index in [1.54, 1.807) is 0 Å². The standard InChI is InChI=1S/C14H17N3O/c15-13-12(9-6-10-4-2-1-3-5-10)17(11-7-8-11)14(18)16-13/h1-5,11-12H,6-9H2,(H2,15,16,18). The minimum absolute atomic E-state index is 0.00482. The monoisotopic (exact) mass is 243 g/mol. The lowest BCUT2D eigenvalue weighted by Crippen LogP contribution is -2.42. The van der Waals surface area contributed by atoms with Crippen LogP contribution in [0.2, 0.25) is 0 Å². The van der Waals surface area contributed by atoms with E-state index in [0.29, 0.717) is 11.9 Å². The highest BCUT2D eigenvalue weighted by Crippen LogP contribution is 2.32. The van der Waals surface area contributed by atoms with Crippen molar-refractivity contribution in [3.05, 3.63) is 35.9 Å². The molecule has 0 bridgehead atoms. The highest BCUT2D eigenvalue weighted by molar-refractivity contribution is 6.03. The zero-order chi connectivity index (χ0) is 12.5. The molecule has 2 aliphatic rings. The van der Waals surface area contributed by atoms with E-state index in [1.807, 2.05) is 23.1 Å². The third kappa shape index (κ3) is 2.10. The fraction of sp³-hybridized carbons (Fsp3) is 0.429. The zero-order valence-corrected chi connectivity index (χ0v) is 10.2. The first kappa shape index (κ1) is 11.3. The van der Waals surface area contributed by atoms with Gasteiger partial charge in [0.05, 0.1) is 6.04 Å². The molecule has 4 heteroatoms. The molecule has 1 fully saturated rings. The number of aliphatic imine (C=N–C) groups is 1. The molecule has 0 spiro atoms. The van der Waals surface area contributed by atoms with E-state index in [0.717, 1.165) is 25.7 Å². The smallest absolute Gasteiger partial charge is 0.346 e. The van der Waals surface area contributed by atoms with E-state index in [-0.39, 0.29) is 12.1 Å². The van der Waals surface area contributed by atoms with Gasteiger partial charge in [-0.3, -0.25) is 0 Å². The normalized spacial score (nSPS) is 23.3. The average Bonchev–Trinajstić information content (AvgIpc) is 3.15. The summed E-state index contributed by atoms with van der Waals surface area (Å²) >= 11 is 0. The van der Waals surface area contributed by atoms with Crippen LogP contribution >= 0.6 is 0 Å². The van der Waals surface area contributed by atoms with Crippen molar-refractivity contribution in [1.82, 2.24) is 4.90 Å². The number of nitrogens with zero attached hydrogens (tertiary/aromatic N) is 2. The molecule has 1 atom stereocenters. The second kappa shape index (κ2) is 4.44. The van der Waals surface area contributed by atoms with Gasteiger partial charge in [0.2, 0.25) is 0 Å². The van der Waals surface area contributed by atoms with Crippen molar-refractivity contribution in [3.8, 4) is 0 Å². The van der Waals surface area contributed by atoms with E-state index in [4.69, 9.17) is 5.73 Å². The highest BCUT2D eigenvalue weighted by Gasteiger charge is 2.42. The molecule has 1 aliphatic carbocycles. The van der Waals surface area contributed by atoms with Crippen LogP contribution in [0.1, 0.15) is 24.8 Å². The molecule has 0 radical (unpaired) electrons. The summed E-state index contributed by atoms with van der Waals surface area (Å²) in [5, 5.41) is 0. The number of rotatable bonds is 4. The fourth-order valence-electron chi connectivity index (χ4n) is 2.52. The molecule has 1 aromatic carbocycles. The Hall–Kier alpha value is -1.84. The maximum atomic E-state index is 11.7. The number of benzene rings is 1. The van der Waals surface area contributed by atoms with Crippen molar-refractivity contribution in [3.63, 3.8) is 0 Å². The fourth-order valence-corrected chi connectivity index (χ4v) is 2.52. The first-order chi connectivity index (χ1) is 8.75. The first-order valence-corrected chi connectivity index (χ1v) is 6.46. The lowest BCUT2D eigenvalue weighted by Gasteiger charge is -2.23. The molecule has 3 rings (SSSR count). The highest BCUT2D eigenvalue weighted by atomic mass is 16.2. The quantitative estimate of drug-likeness (QED) is 0.878. The van der Waals surface area contributed by atoms with Crippen molar-refractivity contribution >= 4 is 11.9 Å². The minimum Gasteiger partial charge on any atom is -0.385 e. The van der Waals surface area contributed by atoms with Gasteiger partial charge < -0.3 is 10.6 Å². The maximum absolute atomic E-state index is 11.7. The van der Waals surface area contributed by atoms with Crippen molar-refractivity contribution in [2.45, 2.75) is 37.8 Å². The van der Waals surface area contributed by atoms with Crippen LogP contribution in [-0.2, 0) is 6.42 Å². The number of carbonyl (C=O) groups excluding carboxylic acids is 1. The van der Waals surface area contributed by atoms with E-state index in [9.17, 15) is 4.79 Å². The van der Waals surface area contributed by atoms with Crippen molar-refractivity contribution in [2.75, 3.05) is 0 Å². The molecular formula is C14H17N3O. The Morgan fingerprint density at radius 3 is 2.67 bits per heavy atom. The Labute approximate surface area is 106 Å². The van der Waals surface area contributed by atoms with Crippen LogP contribution in [0, 0.1) is 0 Å². The van der Waals surface area contributed by atoms with Gasteiger partial charge in [0.15, 0.2) is 0 Å². The predicted molar refractivity (Wildman–Crippen MR) is 70.4 cm³/mol. The number of amides is 2. The molecule has 1 saturated carbocycles. The molecule has 18 heavy (non-hydrogen) atoms. The third-order valence-corrected chi connectivity index (χ3v) is 3.61. The second-order valence-electron chi connectivity index (χ2n) is 5.00. The van der Waals surface area contributed by atoms with E-state index in [1.165, 1.54) is 5.56 Å². The van der Waals surface area contributed by atoms with Gasteiger partial charge in [0.1, 0.15) is 5.84 Å². The summed E-state index contributed by atoms with van der Waals surface area (Å²) in [4.78, 5) is 17.5. The topological polar surface area (TPSA) is 58.7 Å². The van der Waals surface area contributed by atoms with Gasteiger partial charge in [-0.2, -0.15) is 4.99 Å². The summed E-state index contributed by atoms with van der Waals surface area (Å²) < 4.78 is 0. The lowest BCUT2D eigenvalue weighted by atomic mass is 10.0. The minimum atomic E-state index is -0.145. The van der Waals surface area contributed by atoms with Gasteiger partial charge in [-0.05, 0) is 31.2 Å². The number of urea groups is 1. The molecule has 1 heterocycles. The first-order valence-electron chi connectivity index (χ1n) is 6.46. The summed E-state index contributed by atoms with van der Waals surface area (Å²) in [7, 11) is 0. The van der Waals surface area contributed by atoms with Crippen LogP contribution in [0.3, 0.4) is 0 Å². The number of hydrogen-bond donors (Lipinski definition) is 1. The Balaban J connectivity index is 1.67. The Bertz CT molecular complexity index is 479. The van der Waals surface area contributed by atoms with Gasteiger partial charge >= 0.3 is 6.03 Å². The number of carbonyl (C=O) groups is 1. The lowest BCUT2D eigenvalue weighted by molar-refractivity contribution is 0.201. The van der Waals surface area contributed by atoms with Crippen LogP contribution in [0.4, 0.5) is 4.79 Å². The van der Waals surface area contributed by atoms with Gasteiger partial charge in [-0.25, -0.2) is 4.79 Å². The van der Waals surface area contributed by atoms with E-state index < -0.39 is 0 Å². The van der Waals surface area contributed by atoms with Crippen molar-refractivity contribution < 1.29 is 4.79 Å². The van der Waals surface area contributed by atoms with Crippen molar-refractivity contribution in [1.29, 1.82) is 0 Å². The molecule has 0 saturated heterocycles. The Morgan fingerprint density at radius 2 is 2.00 bits per heavy atom. The van der Waals surface area contributed by atoms with Crippen LogP contribution in [0.25, 0.3) is 0 Å². The molecule has 94 valence electrons. The van der Waals surface area contributed by atoms with Crippen LogP contribution in [0.15, 0.2) is 35.3 Å².